The zero-order chi connectivity index (χ0) is 10.7. The molecule has 0 saturated heterocycles. The van der Waals surface area contributed by atoms with Crippen molar-refractivity contribution in [2.24, 2.45) is 5.92 Å². The third kappa shape index (κ3) is 2.73. The topological polar surface area (TPSA) is 12.9 Å². The van der Waals surface area contributed by atoms with E-state index in [9.17, 15) is 0 Å². The lowest BCUT2D eigenvalue weighted by atomic mass is 9.80. The summed E-state index contributed by atoms with van der Waals surface area (Å²) in [5.74, 6) is 2.19. The number of alkyl halides is 1. The number of halogens is 1. The highest BCUT2D eigenvalue weighted by Crippen LogP contribution is 2.38. The first-order valence-electron chi connectivity index (χ1n) is 5.83. The van der Waals surface area contributed by atoms with Crippen LogP contribution < -0.4 is 0 Å². The molecule has 1 aromatic rings. The summed E-state index contributed by atoms with van der Waals surface area (Å²) in [7, 11) is 0. The molecule has 1 nitrogen and oxygen atoms in total. The highest BCUT2D eigenvalue weighted by Gasteiger charge is 2.24. The van der Waals surface area contributed by atoms with Crippen LogP contribution in [0.2, 0.25) is 0 Å². The fourth-order valence-corrected chi connectivity index (χ4v) is 3.66. The maximum Gasteiger partial charge on any atom is 0.0959 e. The smallest absolute Gasteiger partial charge is 0.0959 e. The van der Waals surface area contributed by atoms with E-state index in [0.717, 1.165) is 11.6 Å². The Balaban J connectivity index is 2.03. The Labute approximate surface area is 101 Å². The lowest BCUT2D eigenvalue weighted by molar-refractivity contribution is 0.314. The maximum absolute atomic E-state index is 5.78. The lowest BCUT2D eigenvalue weighted by Gasteiger charge is -2.26. The van der Waals surface area contributed by atoms with Gasteiger partial charge >= 0.3 is 0 Å². The van der Waals surface area contributed by atoms with Crippen molar-refractivity contribution in [2.75, 3.05) is 0 Å². The molecule has 0 amide bonds. The van der Waals surface area contributed by atoms with Crippen LogP contribution in [0.5, 0.6) is 0 Å². The van der Waals surface area contributed by atoms with Crippen LogP contribution in [-0.2, 0) is 5.88 Å². The van der Waals surface area contributed by atoms with Gasteiger partial charge in [0.05, 0.1) is 16.6 Å². The van der Waals surface area contributed by atoms with E-state index in [1.54, 1.807) is 11.3 Å². The van der Waals surface area contributed by atoms with Crippen LogP contribution in [0, 0.1) is 5.92 Å². The number of nitrogens with zero attached hydrogens (tertiary/aromatic N) is 1. The molecule has 1 aliphatic carbocycles. The van der Waals surface area contributed by atoms with Crippen molar-refractivity contribution < 1.29 is 0 Å². The quantitative estimate of drug-likeness (QED) is 0.709. The minimum atomic E-state index is 0.556. The number of rotatable bonds is 3. The van der Waals surface area contributed by atoms with Gasteiger partial charge in [0.2, 0.25) is 0 Å². The fraction of sp³-hybridized carbons (Fsp3) is 0.750. The summed E-state index contributed by atoms with van der Waals surface area (Å²) in [5.41, 5.74) is 1.05. The van der Waals surface area contributed by atoms with Crippen molar-refractivity contribution in [3.8, 4) is 0 Å². The minimum absolute atomic E-state index is 0.556. The van der Waals surface area contributed by atoms with Crippen LogP contribution in [0.4, 0.5) is 0 Å². The van der Waals surface area contributed by atoms with Gasteiger partial charge in [-0.15, -0.1) is 22.9 Å². The highest BCUT2D eigenvalue weighted by molar-refractivity contribution is 7.09. The summed E-state index contributed by atoms with van der Waals surface area (Å²) in [6.07, 6.45) is 6.78. The molecule has 15 heavy (non-hydrogen) atoms. The van der Waals surface area contributed by atoms with Crippen molar-refractivity contribution >= 4 is 22.9 Å². The standard InChI is InChI=1S/C12H18ClNS/c1-2-9-4-3-5-10(6-9)12-14-11(7-13)8-15-12/h8-10H,2-7H2,1H3. The zero-order valence-corrected chi connectivity index (χ0v) is 10.8. The van der Waals surface area contributed by atoms with E-state index in [4.69, 9.17) is 11.6 Å². The predicted molar refractivity (Wildman–Crippen MR) is 66.7 cm³/mol. The first-order chi connectivity index (χ1) is 7.33. The Morgan fingerprint density at radius 2 is 2.40 bits per heavy atom. The monoisotopic (exact) mass is 243 g/mol. The third-order valence-corrected chi connectivity index (χ3v) is 4.75. The molecule has 0 aromatic carbocycles. The molecule has 1 fully saturated rings. The molecule has 2 unspecified atom stereocenters. The first-order valence-corrected chi connectivity index (χ1v) is 7.25. The van der Waals surface area contributed by atoms with Crippen LogP contribution in [0.15, 0.2) is 5.38 Å². The summed E-state index contributed by atoms with van der Waals surface area (Å²) in [4.78, 5) is 4.61. The molecule has 84 valence electrons. The summed E-state index contributed by atoms with van der Waals surface area (Å²) in [5, 5.41) is 3.43. The van der Waals surface area contributed by atoms with Crippen LogP contribution >= 0.6 is 22.9 Å². The fourth-order valence-electron chi connectivity index (χ4n) is 2.46. The molecule has 1 heterocycles. The molecular weight excluding hydrogens is 226 g/mol. The molecule has 1 saturated carbocycles. The van der Waals surface area contributed by atoms with E-state index >= 15 is 0 Å². The van der Waals surface area contributed by atoms with Crippen molar-refractivity contribution in [3.05, 3.63) is 16.1 Å². The Kier molecular flexibility index (Phi) is 4.04. The molecule has 0 bridgehead atoms. The number of aromatic nitrogens is 1. The van der Waals surface area contributed by atoms with Crippen LogP contribution in [0.1, 0.15) is 55.6 Å². The van der Waals surface area contributed by atoms with E-state index in [-0.39, 0.29) is 0 Å². The van der Waals surface area contributed by atoms with Crippen LogP contribution in [0.3, 0.4) is 0 Å². The van der Waals surface area contributed by atoms with E-state index in [1.807, 2.05) is 0 Å². The zero-order valence-electron chi connectivity index (χ0n) is 9.21. The second-order valence-electron chi connectivity index (χ2n) is 4.45. The predicted octanol–water partition coefficient (Wildman–Crippen LogP) is 4.57. The van der Waals surface area contributed by atoms with E-state index in [0.29, 0.717) is 11.8 Å². The molecule has 1 aliphatic rings. The second kappa shape index (κ2) is 5.31. The Morgan fingerprint density at radius 3 is 3.07 bits per heavy atom. The molecule has 0 aliphatic heterocycles. The number of hydrogen-bond acceptors (Lipinski definition) is 2. The third-order valence-electron chi connectivity index (χ3n) is 3.42. The Bertz CT molecular complexity index is 310. The van der Waals surface area contributed by atoms with Gasteiger partial charge in [0.25, 0.3) is 0 Å². The first kappa shape index (κ1) is 11.4. The summed E-state index contributed by atoms with van der Waals surface area (Å²) >= 11 is 7.58. The SMILES string of the molecule is CCC1CCCC(c2nc(CCl)cs2)C1. The molecule has 2 atom stereocenters. The molecule has 3 heteroatoms. The van der Waals surface area contributed by atoms with E-state index in [2.05, 4.69) is 17.3 Å². The Morgan fingerprint density at radius 1 is 1.53 bits per heavy atom. The van der Waals surface area contributed by atoms with Gasteiger partial charge < -0.3 is 0 Å². The van der Waals surface area contributed by atoms with Gasteiger partial charge in [-0.3, -0.25) is 0 Å². The normalized spacial score (nSPS) is 26.8. The van der Waals surface area contributed by atoms with Gasteiger partial charge in [0.1, 0.15) is 0 Å². The van der Waals surface area contributed by atoms with Crippen LogP contribution in [-0.4, -0.2) is 4.98 Å². The van der Waals surface area contributed by atoms with Crippen LogP contribution in [0.25, 0.3) is 0 Å². The van der Waals surface area contributed by atoms with Crippen molar-refractivity contribution in [1.82, 2.24) is 4.98 Å². The molecule has 0 radical (unpaired) electrons. The maximum atomic E-state index is 5.78. The number of thiazole rings is 1. The van der Waals surface area contributed by atoms with Gasteiger partial charge in [0, 0.05) is 11.3 Å². The van der Waals surface area contributed by atoms with E-state index in [1.165, 1.54) is 37.1 Å². The highest BCUT2D eigenvalue weighted by atomic mass is 35.5. The average Bonchev–Trinajstić information content (AvgIpc) is 2.78. The van der Waals surface area contributed by atoms with Crippen molar-refractivity contribution in [2.45, 2.75) is 50.8 Å². The summed E-state index contributed by atoms with van der Waals surface area (Å²) in [6.45, 7) is 2.30. The molecule has 0 N–H and O–H groups in total. The van der Waals surface area contributed by atoms with Gasteiger partial charge in [-0.1, -0.05) is 26.2 Å². The van der Waals surface area contributed by atoms with Crippen molar-refractivity contribution in [1.29, 1.82) is 0 Å². The summed E-state index contributed by atoms with van der Waals surface area (Å²) in [6, 6.07) is 0. The molecule has 2 rings (SSSR count). The number of hydrogen-bond donors (Lipinski definition) is 0. The van der Waals surface area contributed by atoms with Gasteiger partial charge in [-0.25, -0.2) is 4.98 Å². The molecule has 1 aromatic heterocycles. The molecule has 0 spiro atoms. The average molecular weight is 244 g/mol. The van der Waals surface area contributed by atoms with Gasteiger partial charge in [-0.2, -0.15) is 0 Å². The minimum Gasteiger partial charge on any atom is -0.245 e. The van der Waals surface area contributed by atoms with Gasteiger partial charge in [0.15, 0.2) is 0 Å². The second-order valence-corrected chi connectivity index (χ2v) is 5.61. The summed E-state index contributed by atoms with van der Waals surface area (Å²) < 4.78 is 0. The molecular formula is C12H18ClNS. The van der Waals surface area contributed by atoms with Crippen molar-refractivity contribution in [3.63, 3.8) is 0 Å². The largest absolute Gasteiger partial charge is 0.245 e. The van der Waals surface area contributed by atoms with E-state index < -0.39 is 0 Å². The lowest BCUT2D eigenvalue weighted by Crippen LogP contribution is -2.13. The Hall–Kier alpha value is -0.0800. The van der Waals surface area contributed by atoms with Gasteiger partial charge in [-0.05, 0) is 18.8 Å².